The molecule has 0 fully saturated rings. The van der Waals surface area contributed by atoms with Crippen LogP contribution in [0.3, 0.4) is 0 Å². The van der Waals surface area contributed by atoms with Crippen molar-refractivity contribution in [3.8, 4) is 23.3 Å². The Kier molecular flexibility index (Phi) is 4.08. The third kappa shape index (κ3) is 3.42. The number of carbonyl (C=O) groups excluding carboxylic acids is 1. The van der Waals surface area contributed by atoms with Crippen molar-refractivity contribution in [2.24, 2.45) is 0 Å². The summed E-state index contributed by atoms with van der Waals surface area (Å²) in [5.41, 5.74) is 0.851. The summed E-state index contributed by atoms with van der Waals surface area (Å²) in [6, 6.07) is 5.61. The molecule has 0 bridgehead atoms. The predicted molar refractivity (Wildman–Crippen MR) is 67.6 cm³/mol. The molecule has 1 aromatic carbocycles. The molecule has 18 heavy (non-hydrogen) atoms. The van der Waals surface area contributed by atoms with Gasteiger partial charge in [-0.2, -0.15) is 0 Å². The Bertz CT molecular complexity index is 499. The van der Waals surface area contributed by atoms with Crippen LogP contribution in [0, 0.1) is 11.8 Å². The van der Waals surface area contributed by atoms with Gasteiger partial charge in [-0.05, 0) is 18.2 Å². The molecule has 0 spiro atoms. The zero-order valence-electron chi connectivity index (χ0n) is 10.3. The number of amides is 1. The fourth-order valence-corrected chi connectivity index (χ4v) is 1.56. The number of hydrogen-bond acceptors (Lipinski definition) is 3. The summed E-state index contributed by atoms with van der Waals surface area (Å²) in [6.45, 7) is 3.16. The van der Waals surface area contributed by atoms with E-state index in [2.05, 4.69) is 17.2 Å². The van der Waals surface area contributed by atoms with Gasteiger partial charge >= 0.3 is 0 Å². The van der Waals surface area contributed by atoms with Gasteiger partial charge in [0.25, 0.3) is 0 Å². The topological polar surface area (TPSA) is 47.6 Å². The maximum atomic E-state index is 10.7. The van der Waals surface area contributed by atoms with Crippen molar-refractivity contribution in [3.63, 3.8) is 0 Å². The number of hydrogen-bond donors (Lipinski definition) is 1. The molecule has 1 heterocycles. The van der Waals surface area contributed by atoms with E-state index in [1.807, 2.05) is 18.2 Å². The number of rotatable bonds is 1. The summed E-state index contributed by atoms with van der Waals surface area (Å²) >= 11 is 0. The van der Waals surface area contributed by atoms with Crippen LogP contribution in [0.1, 0.15) is 18.9 Å². The molecule has 1 aromatic rings. The highest BCUT2D eigenvalue weighted by Gasteiger charge is 2.09. The van der Waals surface area contributed by atoms with Crippen LogP contribution in [-0.4, -0.2) is 25.7 Å². The van der Waals surface area contributed by atoms with Crippen LogP contribution >= 0.6 is 0 Å². The van der Waals surface area contributed by atoms with E-state index < -0.39 is 0 Å². The van der Waals surface area contributed by atoms with Crippen molar-refractivity contribution < 1.29 is 14.3 Å². The first-order valence-corrected chi connectivity index (χ1v) is 5.88. The van der Waals surface area contributed by atoms with Crippen LogP contribution < -0.4 is 14.8 Å². The molecule has 1 amide bonds. The smallest absolute Gasteiger partial charge is 0.217 e. The summed E-state index contributed by atoms with van der Waals surface area (Å²) in [6.07, 6.45) is 0.887. The van der Waals surface area contributed by atoms with E-state index in [9.17, 15) is 4.79 Å². The number of carbonyl (C=O) groups is 1. The quantitative estimate of drug-likeness (QED) is 0.759. The molecule has 4 nitrogen and oxygen atoms in total. The SMILES string of the molecule is CC(=O)NCC#Cc1ccc2c(c1)OCCCO2. The van der Waals surface area contributed by atoms with Crippen LogP contribution in [0.4, 0.5) is 0 Å². The number of ether oxygens (including phenoxy) is 2. The molecule has 4 heteroatoms. The molecule has 0 unspecified atom stereocenters. The Labute approximate surface area is 106 Å². The van der Waals surface area contributed by atoms with E-state index >= 15 is 0 Å². The minimum absolute atomic E-state index is 0.0806. The van der Waals surface area contributed by atoms with Gasteiger partial charge in [0.15, 0.2) is 11.5 Å². The molecule has 1 aliphatic rings. The maximum absolute atomic E-state index is 10.7. The van der Waals surface area contributed by atoms with Gasteiger partial charge in [0.1, 0.15) is 0 Å². The molecule has 0 aliphatic carbocycles. The largest absolute Gasteiger partial charge is 0.490 e. The highest BCUT2D eigenvalue weighted by molar-refractivity contribution is 5.73. The summed E-state index contributed by atoms with van der Waals surface area (Å²) in [5.74, 6) is 7.27. The fourth-order valence-electron chi connectivity index (χ4n) is 1.56. The van der Waals surface area contributed by atoms with Crippen LogP contribution in [0.25, 0.3) is 0 Å². The van der Waals surface area contributed by atoms with Crippen molar-refractivity contribution >= 4 is 5.91 Å². The van der Waals surface area contributed by atoms with Gasteiger partial charge in [-0.3, -0.25) is 4.79 Å². The van der Waals surface area contributed by atoms with Crippen molar-refractivity contribution in [2.75, 3.05) is 19.8 Å². The molecule has 2 rings (SSSR count). The number of nitrogens with one attached hydrogen (secondary N) is 1. The molecular weight excluding hydrogens is 230 g/mol. The first-order valence-electron chi connectivity index (χ1n) is 5.88. The van der Waals surface area contributed by atoms with Crippen molar-refractivity contribution in [3.05, 3.63) is 23.8 Å². The third-order valence-corrected chi connectivity index (χ3v) is 2.41. The lowest BCUT2D eigenvalue weighted by Crippen LogP contribution is -2.19. The highest BCUT2D eigenvalue weighted by atomic mass is 16.5. The lowest BCUT2D eigenvalue weighted by molar-refractivity contribution is -0.118. The minimum Gasteiger partial charge on any atom is -0.490 e. The Balaban J connectivity index is 2.06. The van der Waals surface area contributed by atoms with E-state index in [1.165, 1.54) is 6.92 Å². The van der Waals surface area contributed by atoms with Crippen LogP contribution in [0.15, 0.2) is 18.2 Å². The van der Waals surface area contributed by atoms with Gasteiger partial charge in [0.2, 0.25) is 5.91 Å². The Morgan fingerprint density at radius 2 is 2.11 bits per heavy atom. The van der Waals surface area contributed by atoms with Gasteiger partial charge in [-0.1, -0.05) is 11.8 Å². The fraction of sp³-hybridized carbons (Fsp3) is 0.357. The molecule has 0 saturated carbocycles. The first kappa shape index (κ1) is 12.3. The maximum Gasteiger partial charge on any atom is 0.217 e. The van der Waals surface area contributed by atoms with E-state index in [0.29, 0.717) is 19.8 Å². The van der Waals surface area contributed by atoms with E-state index in [-0.39, 0.29) is 5.91 Å². The first-order chi connectivity index (χ1) is 8.75. The van der Waals surface area contributed by atoms with Gasteiger partial charge < -0.3 is 14.8 Å². The summed E-state index contributed by atoms with van der Waals surface area (Å²) in [5, 5.41) is 2.62. The summed E-state index contributed by atoms with van der Waals surface area (Å²) in [4.78, 5) is 10.7. The second-order valence-corrected chi connectivity index (χ2v) is 3.92. The minimum atomic E-state index is -0.0806. The zero-order chi connectivity index (χ0) is 12.8. The molecule has 94 valence electrons. The highest BCUT2D eigenvalue weighted by Crippen LogP contribution is 2.29. The van der Waals surface area contributed by atoms with Gasteiger partial charge in [-0.25, -0.2) is 0 Å². The van der Waals surface area contributed by atoms with Crippen molar-refractivity contribution in [2.45, 2.75) is 13.3 Å². The lowest BCUT2D eigenvalue weighted by Gasteiger charge is -2.06. The monoisotopic (exact) mass is 245 g/mol. The molecule has 0 saturated heterocycles. The molecule has 0 atom stereocenters. The zero-order valence-corrected chi connectivity index (χ0v) is 10.3. The van der Waals surface area contributed by atoms with Crippen LogP contribution in [0.2, 0.25) is 0 Å². The Morgan fingerprint density at radius 1 is 1.33 bits per heavy atom. The molecule has 0 aromatic heterocycles. The van der Waals surface area contributed by atoms with E-state index in [1.54, 1.807) is 0 Å². The van der Waals surface area contributed by atoms with Gasteiger partial charge in [0.05, 0.1) is 19.8 Å². The normalized spacial score (nSPS) is 12.9. The van der Waals surface area contributed by atoms with E-state index in [0.717, 1.165) is 23.5 Å². The van der Waals surface area contributed by atoms with Gasteiger partial charge in [-0.15, -0.1) is 0 Å². The second kappa shape index (κ2) is 5.97. The molecule has 1 aliphatic heterocycles. The summed E-state index contributed by atoms with van der Waals surface area (Å²) < 4.78 is 11.1. The molecule has 1 N–H and O–H groups in total. The van der Waals surface area contributed by atoms with Crippen molar-refractivity contribution in [1.82, 2.24) is 5.32 Å². The predicted octanol–water partition coefficient (Wildman–Crippen LogP) is 1.34. The average Bonchev–Trinajstić information content (AvgIpc) is 2.59. The Morgan fingerprint density at radius 3 is 2.89 bits per heavy atom. The van der Waals surface area contributed by atoms with Crippen LogP contribution in [0.5, 0.6) is 11.5 Å². The molecular formula is C14H15NO3. The Hall–Kier alpha value is -2.15. The summed E-state index contributed by atoms with van der Waals surface area (Å²) in [7, 11) is 0. The average molecular weight is 245 g/mol. The standard InChI is InChI=1S/C14H15NO3/c1-11(16)15-7-2-4-12-5-6-13-14(10-12)18-9-3-8-17-13/h5-6,10H,3,7-9H2,1H3,(H,15,16). The number of fused-ring (bicyclic) bond motifs is 1. The second-order valence-electron chi connectivity index (χ2n) is 3.92. The van der Waals surface area contributed by atoms with E-state index in [4.69, 9.17) is 9.47 Å². The number of benzene rings is 1. The van der Waals surface area contributed by atoms with Crippen LogP contribution in [-0.2, 0) is 4.79 Å². The van der Waals surface area contributed by atoms with Crippen molar-refractivity contribution in [1.29, 1.82) is 0 Å². The lowest BCUT2D eigenvalue weighted by atomic mass is 10.2. The molecule has 0 radical (unpaired) electrons. The van der Waals surface area contributed by atoms with Gasteiger partial charge in [0, 0.05) is 18.9 Å². The third-order valence-electron chi connectivity index (χ3n) is 2.41.